The molecule has 122 valence electrons. The first-order valence-electron chi connectivity index (χ1n) is 7.21. The first-order valence-corrected chi connectivity index (χ1v) is 9.06. The number of hydrogen-bond donors (Lipinski definition) is 1. The third-order valence-corrected chi connectivity index (χ3v) is 4.75. The Morgan fingerprint density at radius 2 is 2.05 bits per heavy atom. The first kappa shape index (κ1) is 16.0. The van der Waals surface area contributed by atoms with Crippen LogP contribution < -0.4 is 9.88 Å². The Morgan fingerprint density at radius 1 is 1.32 bits per heavy atom. The highest BCUT2D eigenvalue weighted by molar-refractivity contribution is 7.84. The average molecular weight is 348 g/mol. The molecule has 1 aliphatic carbocycles. The summed E-state index contributed by atoms with van der Waals surface area (Å²) in [5.41, 5.74) is 0.673. The molecule has 1 aromatic carbocycles. The molecule has 0 saturated heterocycles. The molecule has 1 atom stereocenters. The van der Waals surface area contributed by atoms with Crippen LogP contribution in [0.2, 0.25) is 5.02 Å². The van der Waals surface area contributed by atoms with Crippen molar-refractivity contribution in [2.24, 2.45) is 5.14 Å². The lowest BCUT2D eigenvalue weighted by Crippen LogP contribution is -2.46. The van der Waals surface area contributed by atoms with Crippen LogP contribution in [0.25, 0.3) is 0 Å². The summed E-state index contributed by atoms with van der Waals surface area (Å²) >= 11 is 6.24. The van der Waals surface area contributed by atoms with E-state index in [0.717, 1.165) is 32.1 Å². The van der Waals surface area contributed by atoms with Gasteiger partial charge in [-0.05, 0) is 18.9 Å². The molecule has 2 aliphatic rings. The van der Waals surface area contributed by atoms with Gasteiger partial charge in [0.05, 0.1) is 11.6 Å². The van der Waals surface area contributed by atoms with Crippen LogP contribution in [-0.2, 0) is 19.2 Å². The van der Waals surface area contributed by atoms with Crippen molar-refractivity contribution in [2.45, 2.75) is 44.0 Å². The Balaban J connectivity index is 1.92. The first-order chi connectivity index (χ1) is 10.4. The van der Waals surface area contributed by atoms with Crippen LogP contribution >= 0.6 is 11.6 Å². The van der Waals surface area contributed by atoms with Gasteiger partial charge in [-0.1, -0.05) is 30.2 Å². The molecule has 22 heavy (non-hydrogen) atoms. The topological polar surface area (TPSA) is 87.9 Å². The Hall–Kier alpha value is -0.860. The quantitative estimate of drug-likeness (QED) is 0.908. The number of fused-ring (bicyclic) bond motifs is 1. The van der Waals surface area contributed by atoms with Crippen molar-refractivity contribution in [3.05, 3.63) is 28.8 Å². The number of benzene rings is 1. The molecule has 1 spiro atoms. The highest BCUT2D eigenvalue weighted by Gasteiger charge is 2.43. The Bertz CT molecular complexity index is 657. The van der Waals surface area contributed by atoms with Gasteiger partial charge >= 0.3 is 10.3 Å². The molecule has 3 rings (SSSR count). The van der Waals surface area contributed by atoms with Gasteiger partial charge in [-0.15, -0.1) is 0 Å². The van der Waals surface area contributed by atoms with Crippen molar-refractivity contribution < 1.29 is 22.1 Å². The normalized spacial score (nSPS) is 23.8. The molecule has 8 heteroatoms. The molecule has 1 heterocycles. The van der Waals surface area contributed by atoms with Crippen molar-refractivity contribution in [1.82, 2.24) is 0 Å². The van der Waals surface area contributed by atoms with Crippen molar-refractivity contribution in [3.63, 3.8) is 0 Å². The number of ether oxygens (including phenoxy) is 2. The monoisotopic (exact) mass is 347 g/mol. The van der Waals surface area contributed by atoms with Gasteiger partial charge in [0.1, 0.15) is 11.9 Å². The van der Waals surface area contributed by atoms with Crippen LogP contribution in [0.4, 0.5) is 0 Å². The van der Waals surface area contributed by atoms with E-state index < -0.39 is 22.2 Å². The molecule has 6 nitrogen and oxygen atoms in total. The number of hydrogen-bond acceptors (Lipinski definition) is 5. The van der Waals surface area contributed by atoms with E-state index in [1.165, 1.54) is 0 Å². The minimum absolute atomic E-state index is 0.197. The Morgan fingerprint density at radius 3 is 2.73 bits per heavy atom. The van der Waals surface area contributed by atoms with E-state index in [4.69, 9.17) is 30.4 Å². The lowest BCUT2D eigenvalue weighted by molar-refractivity contribution is -0.249. The lowest BCUT2D eigenvalue weighted by Gasteiger charge is -2.44. The third kappa shape index (κ3) is 3.38. The van der Waals surface area contributed by atoms with Crippen molar-refractivity contribution >= 4 is 21.9 Å². The maximum Gasteiger partial charge on any atom is 0.333 e. The van der Waals surface area contributed by atoms with Gasteiger partial charge in [-0.2, -0.15) is 8.42 Å². The predicted molar refractivity (Wildman–Crippen MR) is 80.8 cm³/mol. The van der Waals surface area contributed by atoms with E-state index in [0.29, 0.717) is 16.3 Å². The molecule has 1 aliphatic heterocycles. The molecule has 1 fully saturated rings. The van der Waals surface area contributed by atoms with Gasteiger partial charge in [-0.25, -0.2) is 5.14 Å². The van der Waals surface area contributed by atoms with E-state index in [1.54, 1.807) is 18.2 Å². The fraction of sp³-hybridized carbons (Fsp3) is 0.571. The van der Waals surface area contributed by atoms with Crippen LogP contribution in [0.3, 0.4) is 0 Å². The zero-order valence-corrected chi connectivity index (χ0v) is 13.5. The molecule has 0 bridgehead atoms. The molecule has 1 saturated carbocycles. The van der Waals surface area contributed by atoms with Crippen LogP contribution in [0.15, 0.2) is 18.2 Å². The number of nitrogens with two attached hydrogens (primary N) is 1. The molecule has 1 aromatic rings. The molecule has 0 amide bonds. The van der Waals surface area contributed by atoms with Gasteiger partial charge in [0, 0.05) is 18.4 Å². The van der Waals surface area contributed by atoms with Crippen molar-refractivity contribution in [3.8, 4) is 5.75 Å². The van der Waals surface area contributed by atoms with E-state index in [2.05, 4.69) is 0 Å². The molecule has 0 unspecified atom stereocenters. The average Bonchev–Trinajstić information content (AvgIpc) is 2.46. The second-order valence-corrected chi connectivity index (χ2v) is 7.24. The summed E-state index contributed by atoms with van der Waals surface area (Å²) in [7, 11) is -4.03. The fourth-order valence-electron chi connectivity index (χ4n) is 3.01. The van der Waals surface area contributed by atoms with Gasteiger partial charge in [0.2, 0.25) is 5.79 Å². The van der Waals surface area contributed by atoms with E-state index in [-0.39, 0.29) is 6.61 Å². The molecule has 0 aromatic heterocycles. The van der Waals surface area contributed by atoms with Crippen molar-refractivity contribution in [1.29, 1.82) is 0 Å². The van der Waals surface area contributed by atoms with E-state index in [1.807, 2.05) is 0 Å². The Labute approximate surface area is 134 Å². The Kier molecular flexibility index (Phi) is 4.35. The zero-order valence-electron chi connectivity index (χ0n) is 12.0. The summed E-state index contributed by atoms with van der Waals surface area (Å²) in [6.45, 7) is -0.197. The summed E-state index contributed by atoms with van der Waals surface area (Å²) in [5.74, 6) is -0.219. The number of para-hydroxylation sites is 1. The summed E-state index contributed by atoms with van der Waals surface area (Å²) in [6.07, 6.45) is 4.00. The highest BCUT2D eigenvalue weighted by Crippen LogP contribution is 2.47. The van der Waals surface area contributed by atoms with Crippen molar-refractivity contribution in [2.75, 3.05) is 6.61 Å². The zero-order chi connectivity index (χ0) is 15.8. The molecular weight excluding hydrogens is 330 g/mol. The van der Waals surface area contributed by atoms with Gasteiger partial charge < -0.3 is 9.47 Å². The van der Waals surface area contributed by atoms with Gasteiger partial charge in [0.25, 0.3) is 0 Å². The second-order valence-electron chi connectivity index (χ2n) is 5.62. The second kappa shape index (κ2) is 5.98. The molecular formula is C14H18ClNO5S. The smallest absolute Gasteiger partial charge is 0.333 e. The minimum atomic E-state index is -4.03. The minimum Gasteiger partial charge on any atom is -0.460 e. The summed E-state index contributed by atoms with van der Waals surface area (Å²) < 4.78 is 39.0. The lowest BCUT2D eigenvalue weighted by atomic mass is 9.92. The summed E-state index contributed by atoms with van der Waals surface area (Å²) in [6, 6.07) is 5.28. The number of rotatable bonds is 3. The molecule has 0 radical (unpaired) electrons. The third-order valence-electron chi connectivity index (χ3n) is 3.99. The van der Waals surface area contributed by atoms with Gasteiger partial charge in [0.15, 0.2) is 0 Å². The van der Waals surface area contributed by atoms with E-state index >= 15 is 0 Å². The predicted octanol–water partition coefficient (Wildman–Crippen LogP) is 2.67. The maximum absolute atomic E-state index is 11.1. The van der Waals surface area contributed by atoms with Crippen LogP contribution in [0.1, 0.15) is 43.8 Å². The highest BCUT2D eigenvalue weighted by atomic mass is 35.5. The van der Waals surface area contributed by atoms with Gasteiger partial charge in [-0.3, -0.25) is 4.18 Å². The summed E-state index contributed by atoms with van der Waals surface area (Å²) in [5, 5.41) is 5.39. The number of halogens is 1. The summed E-state index contributed by atoms with van der Waals surface area (Å²) in [4.78, 5) is 0. The van der Waals surface area contributed by atoms with E-state index in [9.17, 15) is 8.42 Å². The fourth-order valence-corrected chi connectivity index (χ4v) is 3.54. The largest absolute Gasteiger partial charge is 0.460 e. The SMILES string of the molecule is NS(=O)(=O)OC[C@H]1OC2(CCCCC2)Oc2c(Cl)cccc21. The van der Waals surface area contributed by atoms with Crippen LogP contribution in [0.5, 0.6) is 5.75 Å². The maximum atomic E-state index is 11.1. The standard InChI is InChI=1S/C14H18ClNO5S/c15-11-6-4-5-10-12(9-19-22(16,17)18)20-14(21-13(10)11)7-2-1-3-8-14/h4-6,12H,1-3,7-9H2,(H2,16,17,18)/t12-/m1/s1. The van der Waals surface area contributed by atoms with Crippen LogP contribution in [-0.4, -0.2) is 20.8 Å². The van der Waals surface area contributed by atoms with Crippen LogP contribution in [0, 0.1) is 0 Å². The molecule has 2 N–H and O–H groups in total.